The van der Waals surface area contributed by atoms with Crippen molar-refractivity contribution in [1.82, 2.24) is 9.80 Å². The summed E-state index contributed by atoms with van der Waals surface area (Å²) in [6.07, 6.45) is 0. The molecule has 6 nitrogen and oxygen atoms in total. The van der Waals surface area contributed by atoms with Gasteiger partial charge in [-0.15, -0.1) is 11.3 Å². The minimum atomic E-state index is -1.02. The van der Waals surface area contributed by atoms with Gasteiger partial charge in [0, 0.05) is 32.7 Å². The van der Waals surface area contributed by atoms with Gasteiger partial charge >= 0.3 is 12.0 Å². The Balaban J connectivity index is 1.88. The van der Waals surface area contributed by atoms with Crippen molar-refractivity contribution in [2.75, 3.05) is 38.0 Å². The Hall–Kier alpha value is -1.60. The average Bonchev–Trinajstić information content (AvgIpc) is 2.87. The van der Waals surface area contributed by atoms with Gasteiger partial charge in [-0.3, -0.25) is 10.2 Å². The summed E-state index contributed by atoms with van der Waals surface area (Å²) in [5, 5.41) is 13.8. The van der Waals surface area contributed by atoms with Crippen LogP contribution in [0, 0.1) is 5.92 Å². The minimum Gasteiger partial charge on any atom is -0.478 e. The van der Waals surface area contributed by atoms with Crippen LogP contribution in [0.2, 0.25) is 0 Å². The normalized spacial score (nSPS) is 16.2. The number of rotatable bonds is 4. The van der Waals surface area contributed by atoms with Crippen LogP contribution in [0.3, 0.4) is 0 Å². The first-order valence-corrected chi connectivity index (χ1v) is 7.94. The van der Waals surface area contributed by atoms with E-state index in [0.29, 0.717) is 24.0 Å². The molecule has 7 heteroatoms. The van der Waals surface area contributed by atoms with E-state index in [1.165, 1.54) is 17.4 Å². The Bertz CT molecular complexity index is 507. The van der Waals surface area contributed by atoms with Gasteiger partial charge in [0.2, 0.25) is 0 Å². The largest absolute Gasteiger partial charge is 0.478 e. The Morgan fingerprint density at radius 3 is 2.57 bits per heavy atom. The summed E-state index contributed by atoms with van der Waals surface area (Å²) in [6, 6.07) is 1.28. The van der Waals surface area contributed by atoms with E-state index in [2.05, 4.69) is 24.1 Å². The number of carboxylic acid groups (broad SMARTS) is 1. The highest BCUT2D eigenvalue weighted by atomic mass is 32.1. The molecule has 116 valence electrons. The number of aromatic carboxylic acids is 1. The molecule has 21 heavy (non-hydrogen) atoms. The van der Waals surface area contributed by atoms with Gasteiger partial charge in [0.15, 0.2) is 0 Å². The molecule has 1 aliphatic heterocycles. The summed E-state index contributed by atoms with van der Waals surface area (Å²) in [7, 11) is 0. The standard InChI is InChI=1S/C14H21N3O3S/c1-10(2)9-16-4-6-17(7-5-16)14(20)15-12-11(13(18)19)3-8-21-12/h3,8,10H,4-7,9H2,1-2H3,(H,15,20)(H,18,19). The van der Waals surface area contributed by atoms with Crippen molar-refractivity contribution in [3.8, 4) is 0 Å². The van der Waals surface area contributed by atoms with Crippen molar-refractivity contribution in [2.24, 2.45) is 5.92 Å². The number of piperazine rings is 1. The van der Waals surface area contributed by atoms with Crippen molar-refractivity contribution in [1.29, 1.82) is 0 Å². The summed E-state index contributed by atoms with van der Waals surface area (Å²) in [4.78, 5) is 27.3. The number of urea groups is 1. The highest BCUT2D eigenvalue weighted by Crippen LogP contribution is 2.23. The van der Waals surface area contributed by atoms with Gasteiger partial charge in [0.1, 0.15) is 5.00 Å². The highest BCUT2D eigenvalue weighted by Gasteiger charge is 2.23. The van der Waals surface area contributed by atoms with Crippen LogP contribution in [-0.2, 0) is 0 Å². The van der Waals surface area contributed by atoms with Crippen molar-refractivity contribution in [2.45, 2.75) is 13.8 Å². The quantitative estimate of drug-likeness (QED) is 0.894. The second kappa shape index (κ2) is 6.91. The van der Waals surface area contributed by atoms with E-state index in [0.717, 1.165) is 19.6 Å². The van der Waals surface area contributed by atoms with Crippen molar-refractivity contribution >= 4 is 28.3 Å². The SMILES string of the molecule is CC(C)CN1CCN(C(=O)Nc2sccc2C(=O)O)CC1. The number of hydrogen-bond acceptors (Lipinski definition) is 4. The van der Waals surface area contributed by atoms with Gasteiger partial charge < -0.3 is 10.0 Å². The molecule has 2 rings (SSSR count). The van der Waals surface area contributed by atoms with Crippen LogP contribution in [0.25, 0.3) is 0 Å². The molecule has 1 aromatic rings. The molecule has 2 heterocycles. The third-order valence-electron chi connectivity index (χ3n) is 3.40. The summed E-state index contributed by atoms with van der Waals surface area (Å²) in [6.45, 7) is 8.48. The number of hydrogen-bond donors (Lipinski definition) is 2. The van der Waals surface area contributed by atoms with E-state index in [-0.39, 0.29) is 11.6 Å². The molecule has 1 fully saturated rings. The third kappa shape index (κ3) is 4.18. The second-order valence-corrected chi connectivity index (χ2v) is 6.50. The van der Waals surface area contributed by atoms with Crippen LogP contribution in [0.1, 0.15) is 24.2 Å². The Morgan fingerprint density at radius 2 is 2.00 bits per heavy atom. The van der Waals surface area contributed by atoms with E-state index in [9.17, 15) is 9.59 Å². The molecule has 0 unspecified atom stereocenters. The zero-order valence-corrected chi connectivity index (χ0v) is 13.2. The first-order valence-electron chi connectivity index (χ1n) is 7.06. The fourth-order valence-corrected chi connectivity index (χ4v) is 3.17. The molecule has 0 spiro atoms. The summed E-state index contributed by atoms with van der Waals surface area (Å²) < 4.78 is 0. The topological polar surface area (TPSA) is 72.9 Å². The van der Waals surface area contributed by atoms with E-state index < -0.39 is 5.97 Å². The van der Waals surface area contributed by atoms with Crippen LogP contribution < -0.4 is 5.32 Å². The second-order valence-electron chi connectivity index (χ2n) is 5.58. The number of carboxylic acids is 1. The van der Waals surface area contributed by atoms with E-state index >= 15 is 0 Å². The molecular weight excluding hydrogens is 290 g/mol. The van der Waals surface area contributed by atoms with Crippen LogP contribution in [0.4, 0.5) is 9.80 Å². The average molecular weight is 311 g/mol. The van der Waals surface area contributed by atoms with Gasteiger partial charge in [-0.25, -0.2) is 9.59 Å². The molecule has 0 bridgehead atoms. The molecule has 0 atom stereocenters. The number of nitrogens with one attached hydrogen (secondary N) is 1. The monoisotopic (exact) mass is 311 g/mol. The Labute approximate surface area is 128 Å². The number of thiophene rings is 1. The maximum Gasteiger partial charge on any atom is 0.338 e. The molecule has 2 N–H and O–H groups in total. The smallest absolute Gasteiger partial charge is 0.338 e. The molecule has 0 aromatic carbocycles. The Kier molecular flexibility index (Phi) is 5.19. The fourth-order valence-electron chi connectivity index (χ4n) is 2.40. The highest BCUT2D eigenvalue weighted by molar-refractivity contribution is 7.14. The van der Waals surface area contributed by atoms with Crippen LogP contribution in [0.5, 0.6) is 0 Å². The molecule has 0 radical (unpaired) electrons. The van der Waals surface area contributed by atoms with Crippen molar-refractivity contribution in [3.63, 3.8) is 0 Å². The molecule has 1 aliphatic rings. The predicted octanol–water partition coefficient (Wildman–Crippen LogP) is 2.25. The lowest BCUT2D eigenvalue weighted by molar-refractivity contribution is 0.0698. The van der Waals surface area contributed by atoms with Crippen molar-refractivity contribution in [3.05, 3.63) is 17.0 Å². The number of nitrogens with zero attached hydrogens (tertiary/aromatic N) is 2. The lowest BCUT2D eigenvalue weighted by atomic mass is 10.2. The van der Waals surface area contributed by atoms with Gasteiger partial charge in [-0.1, -0.05) is 13.8 Å². The number of carbonyl (C=O) groups excluding carboxylic acids is 1. The number of amides is 2. The van der Waals surface area contributed by atoms with Crippen LogP contribution in [-0.4, -0.2) is 59.6 Å². The van der Waals surface area contributed by atoms with Crippen LogP contribution in [0.15, 0.2) is 11.4 Å². The fraction of sp³-hybridized carbons (Fsp3) is 0.571. The van der Waals surface area contributed by atoms with Crippen LogP contribution >= 0.6 is 11.3 Å². The minimum absolute atomic E-state index is 0.145. The van der Waals surface area contributed by atoms with E-state index in [1.54, 1.807) is 10.3 Å². The summed E-state index contributed by atoms with van der Waals surface area (Å²) in [5.74, 6) is -0.400. The summed E-state index contributed by atoms with van der Waals surface area (Å²) >= 11 is 1.23. The first kappa shape index (κ1) is 15.8. The van der Waals surface area contributed by atoms with E-state index in [4.69, 9.17) is 5.11 Å². The zero-order valence-electron chi connectivity index (χ0n) is 12.3. The van der Waals surface area contributed by atoms with Crippen molar-refractivity contribution < 1.29 is 14.7 Å². The molecular formula is C14H21N3O3S. The Morgan fingerprint density at radius 1 is 1.33 bits per heavy atom. The van der Waals surface area contributed by atoms with E-state index in [1.807, 2.05) is 0 Å². The molecule has 1 aromatic heterocycles. The zero-order chi connectivity index (χ0) is 15.4. The first-order chi connectivity index (χ1) is 9.97. The summed E-state index contributed by atoms with van der Waals surface area (Å²) in [5.41, 5.74) is 0.145. The maximum atomic E-state index is 12.2. The lowest BCUT2D eigenvalue weighted by Gasteiger charge is -2.35. The van der Waals surface area contributed by atoms with Gasteiger partial charge in [0.05, 0.1) is 5.56 Å². The molecule has 0 saturated carbocycles. The van der Waals surface area contributed by atoms with Gasteiger partial charge in [-0.05, 0) is 17.4 Å². The van der Waals surface area contributed by atoms with Gasteiger partial charge in [-0.2, -0.15) is 0 Å². The maximum absolute atomic E-state index is 12.2. The molecule has 2 amide bonds. The number of anilines is 1. The predicted molar refractivity (Wildman–Crippen MR) is 83.1 cm³/mol. The molecule has 0 aliphatic carbocycles. The van der Waals surface area contributed by atoms with Gasteiger partial charge in [0.25, 0.3) is 0 Å². The lowest BCUT2D eigenvalue weighted by Crippen LogP contribution is -2.50. The third-order valence-corrected chi connectivity index (χ3v) is 4.23. The number of carbonyl (C=O) groups is 2. The molecule has 1 saturated heterocycles.